The molecule has 0 amide bonds. The normalized spacial score (nSPS) is 20.8. The second kappa shape index (κ2) is 3.62. The largest absolute Gasteiger partial charge is 0.391 e. The summed E-state index contributed by atoms with van der Waals surface area (Å²) in [4.78, 5) is 2.17. The topological polar surface area (TPSA) is 23.5 Å². The van der Waals surface area contributed by atoms with Crippen molar-refractivity contribution in [2.45, 2.75) is 25.9 Å². The minimum atomic E-state index is -0.209. The van der Waals surface area contributed by atoms with Crippen LogP contribution in [0.25, 0.3) is 0 Å². The molecule has 76 valence electrons. The maximum atomic E-state index is 9.65. The average Bonchev–Trinajstić information content (AvgIpc) is 2.16. The van der Waals surface area contributed by atoms with Gasteiger partial charge in [-0.2, -0.15) is 0 Å². The molecule has 1 aromatic carbocycles. The predicted molar refractivity (Wildman–Crippen MR) is 58.8 cm³/mol. The monoisotopic (exact) mass is 191 g/mol. The second-order valence-corrected chi connectivity index (χ2v) is 4.02. The molecule has 0 spiro atoms. The summed E-state index contributed by atoms with van der Waals surface area (Å²) >= 11 is 0. The Kier molecular flexibility index (Phi) is 2.46. The standard InChI is InChI=1S/C12H17NO/c1-3-9-5-4-6-10-7-11(14)8-13(2)12(9)10/h4-6,11,14H,3,7-8H2,1-2H3. The van der Waals surface area contributed by atoms with E-state index in [1.54, 1.807) is 0 Å². The van der Waals surface area contributed by atoms with Crippen molar-refractivity contribution in [1.29, 1.82) is 0 Å². The Labute approximate surface area is 85.2 Å². The van der Waals surface area contributed by atoms with Crippen molar-refractivity contribution < 1.29 is 5.11 Å². The van der Waals surface area contributed by atoms with Crippen molar-refractivity contribution in [2.75, 3.05) is 18.5 Å². The molecule has 1 aliphatic heterocycles. The lowest BCUT2D eigenvalue weighted by Crippen LogP contribution is -2.36. The van der Waals surface area contributed by atoms with Crippen molar-refractivity contribution in [3.05, 3.63) is 29.3 Å². The molecule has 1 unspecified atom stereocenters. The first-order valence-electron chi connectivity index (χ1n) is 5.22. The molecule has 2 heteroatoms. The van der Waals surface area contributed by atoms with Gasteiger partial charge in [-0.1, -0.05) is 25.1 Å². The van der Waals surface area contributed by atoms with E-state index in [0.29, 0.717) is 0 Å². The molecule has 1 aliphatic rings. The minimum absolute atomic E-state index is 0.209. The van der Waals surface area contributed by atoms with E-state index in [2.05, 4.69) is 37.1 Å². The van der Waals surface area contributed by atoms with Crippen molar-refractivity contribution in [3.8, 4) is 0 Å². The van der Waals surface area contributed by atoms with E-state index < -0.39 is 0 Å². The lowest BCUT2D eigenvalue weighted by atomic mass is 9.95. The first kappa shape index (κ1) is 9.53. The summed E-state index contributed by atoms with van der Waals surface area (Å²) < 4.78 is 0. The molecule has 0 aromatic heterocycles. The summed E-state index contributed by atoms with van der Waals surface area (Å²) in [5, 5.41) is 9.65. The molecule has 1 heterocycles. The van der Waals surface area contributed by atoms with Crippen molar-refractivity contribution in [3.63, 3.8) is 0 Å². The number of aliphatic hydroxyl groups excluding tert-OH is 1. The van der Waals surface area contributed by atoms with Gasteiger partial charge in [0.15, 0.2) is 0 Å². The predicted octanol–water partition coefficient (Wildman–Crippen LogP) is 1.60. The van der Waals surface area contributed by atoms with Crippen LogP contribution in [0.3, 0.4) is 0 Å². The quantitative estimate of drug-likeness (QED) is 0.729. The number of aryl methyl sites for hydroxylation is 1. The molecular weight excluding hydrogens is 174 g/mol. The zero-order chi connectivity index (χ0) is 10.1. The highest BCUT2D eigenvalue weighted by molar-refractivity contribution is 5.61. The SMILES string of the molecule is CCc1cccc2c1N(C)CC(O)C2. The number of para-hydroxylation sites is 1. The van der Waals surface area contributed by atoms with Crippen LogP contribution in [-0.4, -0.2) is 24.8 Å². The molecule has 0 bridgehead atoms. The third-order valence-electron chi connectivity index (χ3n) is 2.91. The van der Waals surface area contributed by atoms with Crippen LogP contribution in [0.4, 0.5) is 5.69 Å². The van der Waals surface area contributed by atoms with Gasteiger partial charge in [-0.25, -0.2) is 0 Å². The van der Waals surface area contributed by atoms with Gasteiger partial charge < -0.3 is 10.0 Å². The Bertz CT molecular complexity index is 335. The minimum Gasteiger partial charge on any atom is -0.391 e. The lowest BCUT2D eigenvalue weighted by Gasteiger charge is -2.32. The molecule has 0 aliphatic carbocycles. The Morgan fingerprint density at radius 1 is 1.50 bits per heavy atom. The Morgan fingerprint density at radius 3 is 3.00 bits per heavy atom. The van der Waals surface area contributed by atoms with Crippen LogP contribution in [0.15, 0.2) is 18.2 Å². The summed E-state index contributed by atoms with van der Waals surface area (Å²) in [5.74, 6) is 0. The van der Waals surface area contributed by atoms with Crippen LogP contribution in [0.2, 0.25) is 0 Å². The van der Waals surface area contributed by atoms with Crippen LogP contribution >= 0.6 is 0 Å². The Balaban J connectivity index is 2.47. The molecule has 0 saturated carbocycles. The highest BCUT2D eigenvalue weighted by atomic mass is 16.3. The maximum Gasteiger partial charge on any atom is 0.0755 e. The van der Waals surface area contributed by atoms with E-state index >= 15 is 0 Å². The van der Waals surface area contributed by atoms with Crippen molar-refractivity contribution in [1.82, 2.24) is 0 Å². The zero-order valence-corrected chi connectivity index (χ0v) is 8.83. The van der Waals surface area contributed by atoms with Gasteiger partial charge in [-0.05, 0) is 17.5 Å². The van der Waals surface area contributed by atoms with Gasteiger partial charge in [0.1, 0.15) is 0 Å². The van der Waals surface area contributed by atoms with Crippen LogP contribution in [0.1, 0.15) is 18.1 Å². The number of hydrogen-bond acceptors (Lipinski definition) is 2. The molecule has 1 aromatic rings. The van der Waals surface area contributed by atoms with Gasteiger partial charge >= 0.3 is 0 Å². The van der Waals surface area contributed by atoms with Crippen molar-refractivity contribution >= 4 is 5.69 Å². The van der Waals surface area contributed by atoms with E-state index in [-0.39, 0.29) is 6.10 Å². The van der Waals surface area contributed by atoms with E-state index in [0.717, 1.165) is 19.4 Å². The Hall–Kier alpha value is -1.02. The highest BCUT2D eigenvalue weighted by Gasteiger charge is 2.21. The molecule has 0 saturated heterocycles. The molecule has 1 N–H and O–H groups in total. The van der Waals surface area contributed by atoms with Crippen LogP contribution in [0, 0.1) is 0 Å². The lowest BCUT2D eigenvalue weighted by molar-refractivity contribution is 0.177. The number of benzene rings is 1. The van der Waals surface area contributed by atoms with E-state index in [4.69, 9.17) is 0 Å². The van der Waals surface area contributed by atoms with E-state index in [1.165, 1.54) is 16.8 Å². The molecule has 1 atom stereocenters. The zero-order valence-electron chi connectivity index (χ0n) is 8.83. The van der Waals surface area contributed by atoms with Gasteiger partial charge in [0, 0.05) is 25.7 Å². The van der Waals surface area contributed by atoms with Crippen LogP contribution in [-0.2, 0) is 12.8 Å². The number of β-amino-alcohol motifs (C(OH)–C–C–N with tert-alkyl or cyclic N) is 1. The highest BCUT2D eigenvalue weighted by Crippen LogP contribution is 2.30. The molecule has 0 radical (unpaired) electrons. The van der Waals surface area contributed by atoms with Gasteiger partial charge in [0.2, 0.25) is 0 Å². The van der Waals surface area contributed by atoms with Crippen molar-refractivity contribution in [2.24, 2.45) is 0 Å². The van der Waals surface area contributed by atoms with E-state index in [9.17, 15) is 5.11 Å². The van der Waals surface area contributed by atoms with Crippen LogP contribution in [0.5, 0.6) is 0 Å². The fraction of sp³-hybridized carbons (Fsp3) is 0.500. The first-order chi connectivity index (χ1) is 6.72. The molecule has 14 heavy (non-hydrogen) atoms. The second-order valence-electron chi connectivity index (χ2n) is 4.02. The fourth-order valence-electron chi connectivity index (χ4n) is 2.31. The summed E-state index contributed by atoms with van der Waals surface area (Å²) in [7, 11) is 2.06. The number of anilines is 1. The fourth-order valence-corrected chi connectivity index (χ4v) is 2.31. The average molecular weight is 191 g/mol. The third-order valence-corrected chi connectivity index (χ3v) is 2.91. The molecular formula is C12H17NO. The summed E-state index contributed by atoms with van der Waals surface area (Å²) in [6.07, 6.45) is 1.65. The first-order valence-corrected chi connectivity index (χ1v) is 5.22. The number of rotatable bonds is 1. The molecule has 2 nitrogen and oxygen atoms in total. The number of nitrogens with zero attached hydrogens (tertiary/aromatic N) is 1. The van der Waals surface area contributed by atoms with Gasteiger partial charge in [-0.15, -0.1) is 0 Å². The number of aliphatic hydroxyl groups is 1. The summed E-state index contributed by atoms with van der Waals surface area (Å²) in [5.41, 5.74) is 4.00. The number of hydrogen-bond donors (Lipinski definition) is 1. The maximum absolute atomic E-state index is 9.65. The van der Waals surface area contributed by atoms with Gasteiger partial charge in [0.05, 0.1) is 6.10 Å². The summed E-state index contributed by atoms with van der Waals surface area (Å²) in [6.45, 7) is 2.93. The molecule has 0 fully saturated rings. The number of likely N-dealkylation sites (N-methyl/N-ethyl adjacent to an activating group) is 1. The Morgan fingerprint density at radius 2 is 2.29 bits per heavy atom. The summed E-state index contributed by atoms with van der Waals surface area (Å²) in [6, 6.07) is 6.38. The third kappa shape index (κ3) is 1.50. The van der Waals surface area contributed by atoms with Gasteiger partial charge in [-0.3, -0.25) is 0 Å². The smallest absolute Gasteiger partial charge is 0.0755 e. The van der Waals surface area contributed by atoms with Gasteiger partial charge in [0.25, 0.3) is 0 Å². The number of fused-ring (bicyclic) bond motifs is 1. The van der Waals surface area contributed by atoms with E-state index in [1.807, 2.05) is 0 Å². The van der Waals surface area contributed by atoms with Crippen LogP contribution < -0.4 is 4.90 Å². The molecule has 2 rings (SSSR count).